The van der Waals surface area contributed by atoms with Crippen molar-refractivity contribution in [2.75, 3.05) is 26.2 Å². The number of ether oxygens (including phenoxy) is 1. The maximum absolute atomic E-state index is 12.2. The lowest BCUT2D eigenvalue weighted by Gasteiger charge is -2.32. The third-order valence-electron chi connectivity index (χ3n) is 4.56. The lowest BCUT2D eigenvalue weighted by Crippen LogP contribution is -2.42. The molecule has 27 heavy (non-hydrogen) atoms. The number of amides is 1. The van der Waals surface area contributed by atoms with Gasteiger partial charge in [-0.25, -0.2) is 0 Å². The summed E-state index contributed by atoms with van der Waals surface area (Å²) in [6.07, 6.45) is 2.08. The number of halogens is 3. The molecule has 0 radical (unpaired) electrons. The largest absolute Gasteiger partial charge is 0.490 e. The second kappa shape index (κ2) is 9.96. The van der Waals surface area contributed by atoms with Gasteiger partial charge in [-0.2, -0.15) is 0 Å². The van der Waals surface area contributed by atoms with Crippen molar-refractivity contribution in [3.63, 3.8) is 0 Å². The molecular weight excluding hydrogens is 498 g/mol. The molecule has 0 unspecified atom stereocenters. The van der Waals surface area contributed by atoms with Crippen LogP contribution in [-0.4, -0.2) is 43.1 Å². The van der Waals surface area contributed by atoms with Gasteiger partial charge >= 0.3 is 0 Å². The van der Waals surface area contributed by atoms with E-state index < -0.39 is 0 Å². The Hall–Kier alpha value is -1.02. The number of rotatable bonds is 6. The summed E-state index contributed by atoms with van der Waals surface area (Å²) < 4.78 is 6.98. The summed E-state index contributed by atoms with van der Waals surface area (Å²) in [5, 5.41) is 4.05. The SMILES string of the molecule is O=C(NCCN1CCC(Oc2ccc(Cl)c(Cl)c2)CC1)c1ccccc1I. The molecule has 1 heterocycles. The smallest absolute Gasteiger partial charge is 0.252 e. The molecule has 0 atom stereocenters. The molecule has 1 aliphatic rings. The molecule has 1 fully saturated rings. The Morgan fingerprint density at radius 2 is 1.89 bits per heavy atom. The van der Waals surface area contributed by atoms with Gasteiger partial charge in [0.05, 0.1) is 15.6 Å². The van der Waals surface area contributed by atoms with Crippen LogP contribution in [0.5, 0.6) is 5.75 Å². The van der Waals surface area contributed by atoms with Gasteiger partial charge in [0, 0.05) is 35.8 Å². The van der Waals surface area contributed by atoms with Gasteiger partial charge in [-0.1, -0.05) is 35.3 Å². The summed E-state index contributed by atoms with van der Waals surface area (Å²) in [5.41, 5.74) is 0.729. The molecule has 7 heteroatoms. The van der Waals surface area contributed by atoms with Gasteiger partial charge in [0.15, 0.2) is 0 Å². The van der Waals surface area contributed by atoms with Crippen molar-refractivity contribution < 1.29 is 9.53 Å². The first-order valence-electron chi connectivity index (χ1n) is 8.90. The number of carbonyl (C=O) groups is 1. The standard InChI is InChI=1S/C20H21Cl2IN2O2/c21-17-6-5-15(13-18(17)22)27-14-7-10-25(11-8-14)12-9-24-20(26)16-3-1-2-4-19(16)23/h1-6,13-14H,7-12H2,(H,24,26). The van der Waals surface area contributed by atoms with E-state index in [4.69, 9.17) is 27.9 Å². The highest BCUT2D eigenvalue weighted by molar-refractivity contribution is 14.1. The van der Waals surface area contributed by atoms with Crippen LogP contribution in [0.1, 0.15) is 23.2 Å². The van der Waals surface area contributed by atoms with Crippen LogP contribution in [-0.2, 0) is 0 Å². The number of nitrogens with one attached hydrogen (secondary N) is 1. The van der Waals surface area contributed by atoms with Crippen molar-refractivity contribution in [3.05, 3.63) is 61.6 Å². The highest BCUT2D eigenvalue weighted by Crippen LogP contribution is 2.28. The van der Waals surface area contributed by atoms with E-state index in [2.05, 4.69) is 32.8 Å². The summed E-state index contributed by atoms with van der Waals surface area (Å²) in [6.45, 7) is 3.38. The first kappa shape index (κ1) is 20.7. The van der Waals surface area contributed by atoms with Gasteiger partial charge in [0.25, 0.3) is 5.91 Å². The van der Waals surface area contributed by atoms with Crippen LogP contribution in [0.3, 0.4) is 0 Å². The molecule has 2 aromatic rings. The highest BCUT2D eigenvalue weighted by Gasteiger charge is 2.20. The van der Waals surface area contributed by atoms with E-state index in [1.165, 1.54) is 0 Å². The predicted octanol–water partition coefficient (Wildman–Crippen LogP) is 4.87. The van der Waals surface area contributed by atoms with E-state index in [-0.39, 0.29) is 12.0 Å². The van der Waals surface area contributed by atoms with Crippen LogP contribution >= 0.6 is 45.8 Å². The molecular formula is C20H21Cl2IN2O2. The van der Waals surface area contributed by atoms with Crippen LogP contribution in [0.4, 0.5) is 0 Å². The Morgan fingerprint density at radius 3 is 2.59 bits per heavy atom. The van der Waals surface area contributed by atoms with E-state index in [1.807, 2.05) is 30.3 Å². The van der Waals surface area contributed by atoms with E-state index >= 15 is 0 Å². The average Bonchev–Trinajstić information content (AvgIpc) is 2.66. The van der Waals surface area contributed by atoms with Crippen LogP contribution in [0.15, 0.2) is 42.5 Å². The summed E-state index contributed by atoms with van der Waals surface area (Å²) in [7, 11) is 0. The summed E-state index contributed by atoms with van der Waals surface area (Å²) in [5.74, 6) is 0.741. The fraction of sp³-hybridized carbons (Fsp3) is 0.350. The molecule has 0 aromatic heterocycles. The topological polar surface area (TPSA) is 41.6 Å². The van der Waals surface area contributed by atoms with Crippen LogP contribution < -0.4 is 10.1 Å². The minimum atomic E-state index is -0.0159. The predicted molar refractivity (Wildman–Crippen MR) is 118 cm³/mol. The second-order valence-corrected chi connectivity index (χ2v) is 8.45. The number of benzene rings is 2. The Bertz CT molecular complexity index is 795. The first-order chi connectivity index (χ1) is 13.0. The zero-order chi connectivity index (χ0) is 19.2. The third kappa shape index (κ3) is 5.98. The number of carbonyl (C=O) groups excluding carboxylic acids is 1. The minimum absolute atomic E-state index is 0.0159. The normalized spacial score (nSPS) is 15.5. The molecule has 4 nitrogen and oxygen atoms in total. The van der Waals surface area contributed by atoms with Crippen molar-refractivity contribution in [1.29, 1.82) is 0 Å². The molecule has 0 spiro atoms. The quantitative estimate of drug-likeness (QED) is 0.554. The van der Waals surface area contributed by atoms with Crippen molar-refractivity contribution in [1.82, 2.24) is 10.2 Å². The van der Waals surface area contributed by atoms with Crippen molar-refractivity contribution in [3.8, 4) is 5.75 Å². The molecule has 2 aromatic carbocycles. The summed E-state index contributed by atoms with van der Waals surface area (Å²) in [6, 6.07) is 13.0. The molecule has 0 saturated carbocycles. The van der Waals surface area contributed by atoms with E-state index in [0.717, 1.165) is 47.4 Å². The molecule has 1 N–H and O–H groups in total. The van der Waals surface area contributed by atoms with E-state index in [9.17, 15) is 4.79 Å². The monoisotopic (exact) mass is 518 g/mol. The maximum atomic E-state index is 12.2. The highest BCUT2D eigenvalue weighted by atomic mass is 127. The number of nitrogens with zero attached hydrogens (tertiary/aromatic N) is 1. The molecule has 1 aliphatic heterocycles. The Morgan fingerprint density at radius 1 is 1.15 bits per heavy atom. The number of hydrogen-bond acceptors (Lipinski definition) is 3. The third-order valence-corrected chi connectivity index (χ3v) is 6.24. The molecule has 1 saturated heterocycles. The van der Waals surface area contributed by atoms with E-state index in [1.54, 1.807) is 12.1 Å². The first-order valence-corrected chi connectivity index (χ1v) is 10.7. The lowest BCUT2D eigenvalue weighted by atomic mass is 10.1. The van der Waals surface area contributed by atoms with Crippen LogP contribution in [0.25, 0.3) is 0 Å². The van der Waals surface area contributed by atoms with Gasteiger partial charge in [-0.3, -0.25) is 4.79 Å². The van der Waals surface area contributed by atoms with Gasteiger partial charge in [-0.05, 0) is 59.7 Å². The fourth-order valence-corrected chi connectivity index (χ4v) is 3.98. The second-order valence-electron chi connectivity index (χ2n) is 6.47. The van der Waals surface area contributed by atoms with Crippen LogP contribution in [0, 0.1) is 3.57 Å². The van der Waals surface area contributed by atoms with Crippen molar-refractivity contribution >= 4 is 51.7 Å². The summed E-state index contributed by atoms with van der Waals surface area (Å²) in [4.78, 5) is 14.6. The molecule has 0 bridgehead atoms. The van der Waals surface area contributed by atoms with Gasteiger partial charge in [-0.15, -0.1) is 0 Å². The number of hydrogen-bond donors (Lipinski definition) is 1. The van der Waals surface area contributed by atoms with E-state index in [0.29, 0.717) is 16.6 Å². The van der Waals surface area contributed by atoms with Gasteiger partial charge in [0.2, 0.25) is 0 Å². The van der Waals surface area contributed by atoms with Crippen molar-refractivity contribution in [2.45, 2.75) is 18.9 Å². The number of piperidine rings is 1. The molecule has 0 aliphatic carbocycles. The zero-order valence-corrected chi connectivity index (χ0v) is 18.4. The Kier molecular flexibility index (Phi) is 7.64. The zero-order valence-electron chi connectivity index (χ0n) is 14.8. The summed E-state index contributed by atoms with van der Waals surface area (Å²) >= 11 is 14.2. The fourth-order valence-electron chi connectivity index (χ4n) is 3.06. The average molecular weight is 519 g/mol. The minimum Gasteiger partial charge on any atom is -0.490 e. The Balaban J connectivity index is 1.39. The number of likely N-dealkylation sites (tertiary alicyclic amines) is 1. The Labute approximate surface area is 183 Å². The van der Waals surface area contributed by atoms with Gasteiger partial charge in [0.1, 0.15) is 11.9 Å². The lowest BCUT2D eigenvalue weighted by molar-refractivity contribution is 0.0905. The van der Waals surface area contributed by atoms with Gasteiger partial charge < -0.3 is 15.0 Å². The van der Waals surface area contributed by atoms with Crippen LogP contribution in [0.2, 0.25) is 10.0 Å². The molecule has 1 amide bonds. The maximum Gasteiger partial charge on any atom is 0.252 e. The molecule has 3 rings (SSSR count). The van der Waals surface area contributed by atoms with Crippen molar-refractivity contribution in [2.24, 2.45) is 0 Å². The molecule has 144 valence electrons.